The average Bonchev–Trinajstić information content (AvgIpc) is 2.79. The summed E-state index contributed by atoms with van der Waals surface area (Å²) in [5.41, 5.74) is 1.48. The Morgan fingerprint density at radius 2 is 2.25 bits per heavy atom. The van der Waals surface area contributed by atoms with Crippen LogP contribution in [-0.2, 0) is 16.4 Å². The summed E-state index contributed by atoms with van der Waals surface area (Å²) in [5.74, 6) is 1.06. The molecule has 1 aliphatic heterocycles. The van der Waals surface area contributed by atoms with Crippen molar-refractivity contribution < 1.29 is 13.2 Å². The Morgan fingerprint density at radius 1 is 1.50 bits per heavy atom. The predicted octanol–water partition coefficient (Wildman–Crippen LogP) is 1.19. The van der Waals surface area contributed by atoms with E-state index in [2.05, 4.69) is 6.07 Å². The lowest BCUT2D eigenvalue weighted by Gasteiger charge is -2.23. The first-order chi connectivity index (χ1) is 9.45. The molecule has 108 valence electrons. The van der Waals surface area contributed by atoms with Gasteiger partial charge in [-0.1, -0.05) is 6.07 Å². The second kappa shape index (κ2) is 5.81. The summed E-state index contributed by atoms with van der Waals surface area (Å²) < 4.78 is 28.1. The van der Waals surface area contributed by atoms with Gasteiger partial charge in [0.25, 0.3) is 0 Å². The van der Waals surface area contributed by atoms with Gasteiger partial charge in [-0.05, 0) is 31.2 Å². The number of ether oxygens (including phenoxy) is 1. The van der Waals surface area contributed by atoms with E-state index in [-0.39, 0.29) is 17.5 Å². The molecule has 20 heavy (non-hydrogen) atoms. The van der Waals surface area contributed by atoms with Crippen molar-refractivity contribution in [3.63, 3.8) is 0 Å². The van der Waals surface area contributed by atoms with Crippen LogP contribution >= 0.6 is 0 Å². The minimum atomic E-state index is -2.87. The summed E-state index contributed by atoms with van der Waals surface area (Å²) in [4.78, 5) is 2.04. The van der Waals surface area contributed by atoms with E-state index in [9.17, 15) is 8.42 Å². The van der Waals surface area contributed by atoms with Crippen LogP contribution < -0.4 is 4.74 Å². The van der Waals surface area contributed by atoms with Gasteiger partial charge in [0.15, 0.2) is 9.84 Å². The molecule has 1 aliphatic rings. The first-order valence-electron chi connectivity index (χ1n) is 6.43. The number of nitrogens with zero attached hydrogens (tertiary/aromatic N) is 2. The maximum atomic E-state index is 11.5. The van der Waals surface area contributed by atoms with Crippen molar-refractivity contribution in [1.29, 1.82) is 5.26 Å². The highest BCUT2D eigenvalue weighted by Gasteiger charge is 2.30. The van der Waals surface area contributed by atoms with Crippen molar-refractivity contribution in [3.8, 4) is 11.8 Å². The monoisotopic (exact) mass is 294 g/mol. The predicted molar refractivity (Wildman–Crippen MR) is 76.2 cm³/mol. The van der Waals surface area contributed by atoms with E-state index in [0.29, 0.717) is 24.3 Å². The van der Waals surface area contributed by atoms with Crippen LogP contribution in [0.25, 0.3) is 0 Å². The first-order valence-corrected chi connectivity index (χ1v) is 8.25. The summed E-state index contributed by atoms with van der Waals surface area (Å²) in [6.45, 7) is 0.624. The van der Waals surface area contributed by atoms with Gasteiger partial charge in [-0.2, -0.15) is 5.26 Å². The molecule has 1 fully saturated rings. The average molecular weight is 294 g/mol. The molecule has 1 heterocycles. The minimum Gasteiger partial charge on any atom is -0.495 e. The Labute approximate surface area is 119 Å². The molecule has 0 bridgehead atoms. The van der Waals surface area contributed by atoms with Crippen LogP contribution in [0.1, 0.15) is 17.5 Å². The van der Waals surface area contributed by atoms with Gasteiger partial charge in [0.05, 0.1) is 24.2 Å². The molecule has 1 aromatic rings. The van der Waals surface area contributed by atoms with Crippen molar-refractivity contribution in [2.75, 3.05) is 25.7 Å². The van der Waals surface area contributed by atoms with Crippen molar-refractivity contribution >= 4 is 9.84 Å². The van der Waals surface area contributed by atoms with E-state index >= 15 is 0 Å². The number of nitriles is 1. The smallest absolute Gasteiger partial charge is 0.151 e. The van der Waals surface area contributed by atoms with E-state index in [1.54, 1.807) is 12.1 Å². The van der Waals surface area contributed by atoms with E-state index in [0.717, 1.165) is 5.56 Å². The summed E-state index contributed by atoms with van der Waals surface area (Å²) in [6, 6.07) is 7.63. The second-order valence-corrected chi connectivity index (χ2v) is 7.35. The van der Waals surface area contributed by atoms with Gasteiger partial charge in [0.1, 0.15) is 11.8 Å². The summed E-state index contributed by atoms with van der Waals surface area (Å²) >= 11 is 0. The lowest BCUT2D eigenvalue weighted by Crippen LogP contribution is -2.32. The standard InChI is InChI=1S/C14H18N2O3S/c1-16(13-5-6-20(17,18)10-13)9-11-3-4-14(19-2)12(7-11)8-15/h3-4,7,13H,5-6,9-10H2,1-2H3. The molecule has 1 saturated heterocycles. The number of hydrogen-bond acceptors (Lipinski definition) is 5. The Morgan fingerprint density at radius 3 is 2.80 bits per heavy atom. The molecule has 0 amide bonds. The molecule has 1 atom stereocenters. The zero-order chi connectivity index (χ0) is 14.8. The maximum Gasteiger partial charge on any atom is 0.151 e. The van der Waals surface area contributed by atoms with Crippen molar-refractivity contribution in [1.82, 2.24) is 4.90 Å². The lowest BCUT2D eigenvalue weighted by atomic mass is 10.1. The van der Waals surface area contributed by atoms with E-state index < -0.39 is 9.84 Å². The molecule has 0 saturated carbocycles. The van der Waals surface area contributed by atoms with Crippen LogP contribution in [-0.4, -0.2) is 45.0 Å². The fourth-order valence-corrected chi connectivity index (χ4v) is 4.29. The molecular weight excluding hydrogens is 276 g/mol. The third-order valence-electron chi connectivity index (χ3n) is 3.65. The molecule has 0 N–H and O–H groups in total. The molecule has 6 heteroatoms. The highest BCUT2D eigenvalue weighted by atomic mass is 32.2. The lowest BCUT2D eigenvalue weighted by molar-refractivity contribution is 0.254. The van der Waals surface area contributed by atoms with Crippen LogP contribution in [0.4, 0.5) is 0 Å². The van der Waals surface area contributed by atoms with Crippen molar-refractivity contribution in [2.24, 2.45) is 0 Å². The Bertz CT molecular complexity index is 634. The van der Waals surface area contributed by atoms with Crippen molar-refractivity contribution in [2.45, 2.75) is 19.0 Å². The van der Waals surface area contributed by atoms with Gasteiger partial charge in [-0.3, -0.25) is 4.90 Å². The van der Waals surface area contributed by atoms with E-state index in [1.807, 2.05) is 18.0 Å². The molecule has 1 aromatic carbocycles. The number of benzene rings is 1. The molecule has 0 radical (unpaired) electrons. The van der Waals surface area contributed by atoms with Crippen LogP contribution in [0.2, 0.25) is 0 Å². The summed E-state index contributed by atoms with van der Waals surface area (Å²) in [5, 5.41) is 9.07. The molecule has 0 spiro atoms. The topological polar surface area (TPSA) is 70.4 Å². The third-order valence-corrected chi connectivity index (χ3v) is 5.40. The largest absolute Gasteiger partial charge is 0.495 e. The zero-order valence-electron chi connectivity index (χ0n) is 11.7. The Balaban J connectivity index is 2.09. The quantitative estimate of drug-likeness (QED) is 0.834. The summed E-state index contributed by atoms with van der Waals surface area (Å²) in [7, 11) is 0.581. The molecule has 5 nitrogen and oxygen atoms in total. The van der Waals surface area contributed by atoms with Gasteiger partial charge < -0.3 is 4.74 Å². The zero-order valence-corrected chi connectivity index (χ0v) is 12.5. The fourth-order valence-electron chi connectivity index (χ4n) is 2.48. The van der Waals surface area contributed by atoms with Gasteiger partial charge in [0, 0.05) is 12.6 Å². The van der Waals surface area contributed by atoms with Crippen LogP contribution in [0, 0.1) is 11.3 Å². The minimum absolute atomic E-state index is 0.0626. The van der Waals surface area contributed by atoms with E-state index in [1.165, 1.54) is 7.11 Å². The number of sulfone groups is 1. The molecule has 2 rings (SSSR count). The SMILES string of the molecule is COc1ccc(CN(C)C2CCS(=O)(=O)C2)cc1C#N. The summed E-state index contributed by atoms with van der Waals surface area (Å²) in [6.07, 6.45) is 0.681. The van der Waals surface area contributed by atoms with Crippen LogP contribution in [0.5, 0.6) is 5.75 Å². The van der Waals surface area contributed by atoms with Crippen molar-refractivity contribution in [3.05, 3.63) is 29.3 Å². The number of rotatable bonds is 4. The van der Waals surface area contributed by atoms with Crippen LogP contribution in [0.15, 0.2) is 18.2 Å². The van der Waals surface area contributed by atoms with Crippen LogP contribution in [0.3, 0.4) is 0 Å². The van der Waals surface area contributed by atoms with Gasteiger partial charge in [0.2, 0.25) is 0 Å². The molecule has 0 aliphatic carbocycles. The van der Waals surface area contributed by atoms with Gasteiger partial charge in [-0.15, -0.1) is 0 Å². The Hall–Kier alpha value is -1.58. The molecule has 1 unspecified atom stereocenters. The van der Waals surface area contributed by atoms with Gasteiger partial charge in [-0.25, -0.2) is 8.42 Å². The fraction of sp³-hybridized carbons (Fsp3) is 0.500. The first kappa shape index (κ1) is 14.8. The highest BCUT2D eigenvalue weighted by Crippen LogP contribution is 2.22. The van der Waals surface area contributed by atoms with Gasteiger partial charge >= 0.3 is 0 Å². The number of hydrogen-bond donors (Lipinski definition) is 0. The maximum absolute atomic E-state index is 11.5. The molecule has 0 aromatic heterocycles. The molecular formula is C14H18N2O3S. The normalized spacial score (nSPS) is 20.8. The third kappa shape index (κ3) is 3.30. The second-order valence-electron chi connectivity index (χ2n) is 5.12. The van der Waals surface area contributed by atoms with E-state index in [4.69, 9.17) is 10.00 Å². The number of methoxy groups -OCH3 is 1. The highest BCUT2D eigenvalue weighted by molar-refractivity contribution is 7.91. The Kier molecular flexibility index (Phi) is 4.31.